The lowest BCUT2D eigenvalue weighted by Gasteiger charge is -2.09. The monoisotopic (exact) mass is 351 g/mol. The summed E-state index contributed by atoms with van der Waals surface area (Å²) in [5.74, 6) is -1.72. The Morgan fingerprint density at radius 3 is 2.38 bits per heavy atom. The lowest BCUT2D eigenvalue weighted by Crippen LogP contribution is -2.20. The number of carboxylic acid groups (broad SMARTS) is 1. The number of benzene rings is 1. The Hall–Kier alpha value is -2.68. The van der Waals surface area contributed by atoms with E-state index >= 15 is 0 Å². The number of hydrogen-bond acceptors (Lipinski definition) is 5. The summed E-state index contributed by atoms with van der Waals surface area (Å²) in [4.78, 5) is 23.1. The molecule has 0 spiro atoms. The average Bonchev–Trinajstić information content (AvgIpc) is 2.75. The van der Waals surface area contributed by atoms with Gasteiger partial charge in [-0.05, 0) is 38.1 Å². The fourth-order valence-corrected chi connectivity index (χ4v) is 2.86. The van der Waals surface area contributed by atoms with Crippen LogP contribution in [0.25, 0.3) is 0 Å². The third kappa shape index (κ3) is 4.19. The Bertz CT molecular complexity index is 915. The van der Waals surface area contributed by atoms with Gasteiger partial charge in [0.2, 0.25) is 5.91 Å². The van der Waals surface area contributed by atoms with Crippen molar-refractivity contribution in [3.05, 3.63) is 41.2 Å². The van der Waals surface area contributed by atoms with Crippen LogP contribution in [0.3, 0.4) is 0 Å². The first-order valence-electron chi connectivity index (χ1n) is 6.95. The molecule has 1 aromatic carbocycles. The predicted molar refractivity (Wildman–Crippen MR) is 86.8 cm³/mol. The molecule has 24 heavy (non-hydrogen) atoms. The Kier molecular flexibility index (Phi) is 4.74. The molecule has 0 saturated heterocycles. The normalized spacial score (nSPS) is 11.3. The van der Waals surface area contributed by atoms with E-state index in [1.165, 1.54) is 16.8 Å². The minimum Gasteiger partial charge on any atom is -0.478 e. The van der Waals surface area contributed by atoms with E-state index in [-0.39, 0.29) is 22.7 Å². The maximum atomic E-state index is 12.1. The van der Waals surface area contributed by atoms with Crippen LogP contribution in [0.4, 0.5) is 5.69 Å². The van der Waals surface area contributed by atoms with E-state index in [1.54, 1.807) is 13.8 Å². The number of aromatic nitrogens is 2. The Morgan fingerprint density at radius 1 is 1.21 bits per heavy atom. The Morgan fingerprint density at radius 2 is 1.88 bits per heavy atom. The van der Waals surface area contributed by atoms with Gasteiger partial charge in [0, 0.05) is 17.6 Å². The van der Waals surface area contributed by atoms with E-state index in [4.69, 9.17) is 5.11 Å². The molecule has 1 amide bonds. The highest BCUT2D eigenvalue weighted by atomic mass is 32.2. The Balaban J connectivity index is 2.28. The smallest absolute Gasteiger partial charge is 0.335 e. The molecule has 2 N–H and O–H groups in total. The molecule has 1 aromatic heterocycles. The number of amides is 1. The number of anilines is 1. The average molecular weight is 351 g/mol. The van der Waals surface area contributed by atoms with Crippen molar-refractivity contribution < 1.29 is 23.1 Å². The SMILES string of the molecule is Cc1cc(C)n(CC(=O)Nc2cc(C(=O)O)cc(S(C)(=O)=O)c2)n1. The fraction of sp³-hybridized carbons (Fsp3) is 0.267. The first-order valence-corrected chi connectivity index (χ1v) is 8.85. The number of carbonyl (C=O) groups excluding carboxylic acids is 1. The summed E-state index contributed by atoms with van der Waals surface area (Å²) in [7, 11) is -3.61. The molecule has 0 aliphatic carbocycles. The number of sulfone groups is 1. The van der Waals surface area contributed by atoms with Crippen molar-refractivity contribution in [2.45, 2.75) is 25.3 Å². The Labute approximate surface area is 139 Å². The van der Waals surface area contributed by atoms with Crippen LogP contribution in [0.2, 0.25) is 0 Å². The number of rotatable bonds is 5. The largest absolute Gasteiger partial charge is 0.478 e. The highest BCUT2D eigenvalue weighted by Crippen LogP contribution is 2.19. The highest BCUT2D eigenvalue weighted by Gasteiger charge is 2.15. The molecule has 0 fully saturated rings. The van der Waals surface area contributed by atoms with Gasteiger partial charge in [0.05, 0.1) is 16.2 Å². The number of aromatic carboxylic acids is 1. The van der Waals surface area contributed by atoms with Crippen molar-refractivity contribution in [1.82, 2.24) is 9.78 Å². The summed E-state index contributed by atoms with van der Waals surface area (Å²) < 4.78 is 24.8. The molecular formula is C15H17N3O5S. The van der Waals surface area contributed by atoms with Gasteiger partial charge < -0.3 is 10.4 Å². The third-order valence-electron chi connectivity index (χ3n) is 3.26. The van der Waals surface area contributed by atoms with Crippen molar-refractivity contribution in [2.24, 2.45) is 0 Å². The molecule has 0 aliphatic rings. The fourth-order valence-electron chi connectivity index (χ4n) is 2.18. The molecular weight excluding hydrogens is 334 g/mol. The van der Waals surface area contributed by atoms with Crippen LogP contribution >= 0.6 is 0 Å². The van der Waals surface area contributed by atoms with Gasteiger partial charge in [0.1, 0.15) is 6.54 Å². The molecule has 2 aromatic rings. The van der Waals surface area contributed by atoms with Crippen LogP contribution in [-0.2, 0) is 21.2 Å². The summed E-state index contributed by atoms with van der Waals surface area (Å²) in [5.41, 5.74) is 1.45. The number of carbonyl (C=O) groups is 2. The van der Waals surface area contributed by atoms with E-state index in [9.17, 15) is 18.0 Å². The number of nitrogens with zero attached hydrogens (tertiary/aromatic N) is 2. The summed E-state index contributed by atoms with van der Waals surface area (Å²) in [5, 5.41) is 15.8. The van der Waals surface area contributed by atoms with Crippen molar-refractivity contribution in [3.8, 4) is 0 Å². The summed E-state index contributed by atoms with van der Waals surface area (Å²) in [6.07, 6.45) is 0.968. The number of aryl methyl sites for hydroxylation is 2. The van der Waals surface area contributed by atoms with E-state index in [2.05, 4.69) is 10.4 Å². The first-order chi connectivity index (χ1) is 11.1. The second kappa shape index (κ2) is 6.44. The zero-order valence-electron chi connectivity index (χ0n) is 13.4. The molecule has 2 rings (SSSR count). The van der Waals surface area contributed by atoms with Crippen LogP contribution < -0.4 is 5.32 Å². The van der Waals surface area contributed by atoms with E-state index in [0.29, 0.717) is 0 Å². The van der Waals surface area contributed by atoms with Crippen LogP contribution in [0.15, 0.2) is 29.2 Å². The molecule has 128 valence electrons. The van der Waals surface area contributed by atoms with Crippen LogP contribution in [0, 0.1) is 13.8 Å². The molecule has 8 nitrogen and oxygen atoms in total. The van der Waals surface area contributed by atoms with Crippen molar-refractivity contribution in [1.29, 1.82) is 0 Å². The van der Waals surface area contributed by atoms with Gasteiger partial charge in [-0.2, -0.15) is 5.10 Å². The minimum absolute atomic E-state index is 0.0643. The first kappa shape index (κ1) is 17.7. The molecule has 0 aliphatic heterocycles. The zero-order chi connectivity index (χ0) is 18.1. The topological polar surface area (TPSA) is 118 Å². The predicted octanol–water partition coefficient (Wildman–Crippen LogP) is 1.24. The summed E-state index contributed by atoms with van der Waals surface area (Å²) in [6.45, 7) is 3.54. The minimum atomic E-state index is -3.61. The molecule has 0 bridgehead atoms. The van der Waals surface area contributed by atoms with E-state index in [0.717, 1.165) is 23.7 Å². The molecule has 1 heterocycles. The molecule has 0 unspecified atom stereocenters. The zero-order valence-corrected chi connectivity index (χ0v) is 14.2. The molecule has 9 heteroatoms. The summed E-state index contributed by atoms with van der Waals surface area (Å²) in [6, 6.07) is 5.30. The van der Waals surface area contributed by atoms with Gasteiger partial charge in [-0.1, -0.05) is 0 Å². The van der Waals surface area contributed by atoms with Crippen LogP contribution in [0.1, 0.15) is 21.7 Å². The number of carboxylic acids is 1. The number of hydrogen-bond donors (Lipinski definition) is 2. The van der Waals surface area contributed by atoms with Gasteiger partial charge >= 0.3 is 5.97 Å². The second-order valence-corrected chi connectivity index (χ2v) is 7.47. The quantitative estimate of drug-likeness (QED) is 0.837. The standard InChI is InChI=1S/C15H17N3O5S/c1-9-4-10(2)18(17-9)8-14(19)16-12-5-11(15(20)21)6-13(7-12)24(3,22)23/h4-7H,8H2,1-3H3,(H,16,19)(H,20,21). The van der Waals surface area contributed by atoms with Gasteiger partial charge in [-0.3, -0.25) is 9.48 Å². The van der Waals surface area contributed by atoms with Gasteiger partial charge in [0.25, 0.3) is 0 Å². The number of nitrogens with one attached hydrogen (secondary N) is 1. The van der Waals surface area contributed by atoms with E-state index in [1.807, 2.05) is 6.07 Å². The van der Waals surface area contributed by atoms with Crippen molar-refractivity contribution in [3.63, 3.8) is 0 Å². The maximum absolute atomic E-state index is 12.1. The molecule has 0 radical (unpaired) electrons. The maximum Gasteiger partial charge on any atom is 0.335 e. The van der Waals surface area contributed by atoms with Gasteiger partial charge in [-0.15, -0.1) is 0 Å². The molecule has 0 atom stereocenters. The van der Waals surface area contributed by atoms with Crippen LogP contribution in [-0.4, -0.2) is 41.4 Å². The van der Waals surface area contributed by atoms with Crippen molar-refractivity contribution >= 4 is 27.4 Å². The molecule has 0 saturated carbocycles. The van der Waals surface area contributed by atoms with Gasteiger partial charge in [0.15, 0.2) is 9.84 Å². The summed E-state index contributed by atoms with van der Waals surface area (Å²) >= 11 is 0. The van der Waals surface area contributed by atoms with Crippen LogP contribution in [0.5, 0.6) is 0 Å². The van der Waals surface area contributed by atoms with E-state index < -0.39 is 21.7 Å². The third-order valence-corrected chi connectivity index (χ3v) is 4.35. The highest BCUT2D eigenvalue weighted by molar-refractivity contribution is 7.90. The second-order valence-electron chi connectivity index (χ2n) is 5.46. The lowest BCUT2D eigenvalue weighted by atomic mass is 10.2. The van der Waals surface area contributed by atoms with Gasteiger partial charge in [-0.25, -0.2) is 13.2 Å². The van der Waals surface area contributed by atoms with Crippen molar-refractivity contribution in [2.75, 3.05) is 11.6 Å². The lowest BCUT2D eigenvalue weighted by molar-refractivity contribution is -0.116.